The third-order valence-corrected chi connectivity index (χ3v) is 4.22. The number of rotatable bonds is 2. The molecule has 3 rings (SSSR count). The van der Waals surface area contributed by atoms with Gasteiger partial charge in [0.15, 0.2) is 5.54 Å². The van der Waals surface area contributed by atoms with E-state index in [1.165, 1.54) is 5.56 Å². The fourth-order valence-corrected chi connectivity index (χ4v) is 3.05. The van der Waals surface area contributed by atoms with Gasteiger partial charge in [-0.15, -0.1) is 0 Å². The summed E-state index contributed by atoms with van der Waals surface area (Å²) < 4.78 is 0. The molecule has 2 aromatic rings. The summed E-state index contributed by atoms with van der Waals surface area (Å²) in [6.07, 6.45) is 1.65. The predicted molar refractivity (Wildman–Crippen MR) is 81.9 cm³/mol. The number of aryl methyl sites for hydroxylation is 2. The zero-order valence-electron chi connectivity index (χ0n) is 11.3. The van der Waals surface area contributed by atoms with Gasteiger partial charge < -0.3 is 5.32 Å². The van der Waals surface area contributed by atoms with Crippen LogP contribution in [0.4, 0.5) is 5.69 Å². The van der Waals surface area contributed by atoms with E-state index < -0.39 is 5.54 Å². The van der Waals surface area contributed by atoms with Crippen molar-refractivity contribution in [1.82, 2.24) is 0 Å². The van der Waals surface area contributed by atoms with Crippen molar-refractivity contribution in [2.24, 2.45) is 0 Å². The van der Waals surface area contributed by atoms with Crippen molar-refractivity contribution in [1.29, 1.82) is 5.26 Å². The standard InChI is InChI=1S/C17H15ClN2/c1-12-4-2-3-5-16(12)20-17(11-19)9-8-13-10-14(18)6-7-15(13)17/h2-7,10,20H,8-9H2,1H3. The van der Waals surface area contributed by atoms with Gasteiger partial charge in [-0.3, -0.25) is 0 Å². The molecule has 1 atom stereocenters. The zero-order chi connectivity index (χ0) is 14.2. The van der Waals surface area contributed by atoms with Crippen molar-refractivity contribution in [3.05, 3.63) is 64.2 Å². The Morgan fingerprint density at radius 1 is 1.25 bits per heavy atom. The lowest BCUT2D eigenvalue weighted by Gasteiger charge is -2.26. The van der Waals surface area contributed by atoms with Gasteiger partial charge in [0, 0.05) is 10.7 Å². The molecule has 0 amide bonds. The van der Waals surface area contributed by atoms with Gasteiger partial charge in [0.2, 0.25) is 0 Å². The molecule has 20 heavy (non-hydrogen) atoms. The van der Waals surface area contributed by atoms with Crippen LogP contribution in [-0.4, -0.2) is 0 Å². The number of halogens is 1. The molecule has 2 aromatic carbocycles. The molecular weight excluding hydrogens is 268 g/mol. The van der Waals surface area contributed by atoms with Crippen LogP contribution in [0, 0.1) is 18.3 Å². The van der Waals surface area contributed by atoms with E-state index in [2.05, 4.69) is 11.4 Å². The quantitative estimate of drug-likeness (QED) is 0.885. The van der Waals surface area contributed by atoms with Crippen molar-refractivity contribution in [2.75, 3.05) is 5.32 Å². The van der Waals surface area contributed by atoms with Gasteiger partial charge in [-0.25, -0.2) is 0 Å². The molecule has 0 fully saturated rings. The lowest BCUT2D eigenvalue weighted by atomic mass is 9.92. The van der Waals surface area contributed by atoms with Crippen LogP contribution < -0.4 is 5.32 Å². The molecule has 100 valence electrons. The van der Waals surface area contributed by atoms with Crippen LogP contribution in [0.2, 0.25) is 5.02 Å². The zero-order valence-corrected chi connectivity index (χ0v) is 12.0. The Kier molecular flexibility index (Phi) is 3.16. The summed E-state index contributed by atoms with van der Waals surface area (Å²) in [6, 6.07) is 16.3. The van der Waals surface area contributed by atoms with E-state index in [0.717, 1.165) is 34.7 Å². The molecule has 0 radical (unpaired) electrons. The molecule has 1 aliphatic carbocycles. The third-order valence-electron chi connectivity index (χ3n) is 3.98. The van der Waals surface area contributed by atoms with Gasteiger partial charge in [-0.2, -0.15) is 5.26 Å². The summed E-state index contributed by atoms with van der Waals surface area (Å²) >= 11 is 6.04. The van der Waals surface area contributed by atoms with Gasteiger partial charge in [0.1, 0.15) is 0 Å². The second kappa shape index (κ2) is 4.85. The smallest absolute Gasteiger partial charge is 0.151 e. The number of benzene rings is 2. The Labute approximate surface area is 124 Å². The van der Waals surface area contributed by atoms with Crippen molar-refractivity contribution in [3.63, 3.8) is 0 Å². The first-order valence-electron chi connectivity index (χ1n) is 6.69. The normalized spacial score (nSPS) is 20.2. The molecule has 1 N–H and O–H groups in total. The number of nitrogens with one attached hydrogen (secondary N) is 1. The Morgan fingerprint density at radius 3 is 2.80 bits per heavy atom. The van der Waals surface area contributed by atoms with Crippen LogP contribution in [0.1, 0.15) is 23.1 Å². The summed E-state index contributed by atoms with van der Waals surface area (Å²) in [7, 11) is 0. The minimum atomic E-state index is -0.647. The number of anilines is 1. The first-order valence-corrected chi connectivity index (χ1v) is 7.06. The van der Waals surface area contributed by atoms with Crippen molar-refractivity contribution in [3.8, 4) is 6.07 Å². The summed E-state index contributed by atoms with van der Waals surface area (Å²) in [5, 5.41) is 13.9. The second-order valence-electron chi connectivity index (χ2n) is 5.26. The lowest BCUT2D eigenvalue weighted by Crippen LogP contribution is -2.31. The molecule has 0 saturated carbocycles. The molecule has 2 nitrogen and oxygen atoms in total. The molecule has 0 bridgehead atoms. The van der Waals surface area contributed by atoms with Crippen molar-refractivity contribution >= 4 is 17.3 Å². The monoisotopic (exact) mass is 282 g/mol. The van der Waals surface area contributed by atoms with E-state index in [4.69, 9.17) is 11.6 Å². The van der Waals surface area contributed by atoms with Gasteiger partial charge in [-0.1, -0.05) is 35.9 Å². The highest BCUT2D eigenvalue weighted by atomic mass is 35.5. The Hall–Kier alpha value is -1.98. The highest BCUT2D eigenvalue weighted by Gasteiger charge is 2.39. The minimum absolute atomic E-state index is 0.647. The fourth-order valence-electron chi connectivity index (χ4n) is 2.86. The number of fused-ring (bicyclic) bond motifs is 1. The fraction of sp³-hybridized carbons (Fsp3) is 0.235. The van der Waals surface area contributed by atoms with Gasteiger partial charge in [0.25, 0.3) is 0 Å². The average Bonchev–Trinajstić information content (AvgIpc) is 2.80. The molecule has 0 heterocycles. The van der Waals surface area contributed by atoms with Crippen LogP contribution >= 0.6 is 11.6 Å². The second-order valence-corrected chi connectivity index (χ2v) is 5.69. The van der Waals surface area contributed by atoms with Crippen LogP contribution in [0.15, 0.2) is 42.5 Å². The van der Waals surface area contributed by atoms with E-state index >= 15 is 0 Å². The topological polar surface area (TPSA) is 35.8 Å². The highest BCUT2D eigenvalue weighted by Crippen LogP contribution is 2.40. The highest BCUT2D eigenvalue weighted by molar-refractivity contribution is 6.30. The van der Waals surface area contributed by atoms with Crippen LogP contribution in [-0.2, 0) is 12.0 Å². The van der Waals surface area contributed by atoms with E-state index in [1.54, 1.807) is 0 Å². The molecule has 1 aliphatic rings. The molecule has 0 aliphatic heterocycles. The number of hydrogen-bond donors (Lipinski definition) is 1. The summed E-state index contributed by atoms with van der Waals surface area (Å²) in [4.78, 5) is 0. The van der Waals surface area contributed by atoms with E-state index in [9.17, 15) is 5.26 Å². The minimum Gasteiger partial charge on any atom is -0.363 e. The van der Waals surface area contributed by atoms with E-state index in [0.29, 0.717) is 0 Å². The van der Waals surface area contributed by atoms with Gasteiger partial charge in [0.05, 0.1) is 6.07 Å². The van der Waals surface area contributed by atoms with Crippen LogP contribution in [0.25, 0.3) is 0 Å². The first-order chi connectivity index (χ1) is 9.64. The van der Waals surface area contributed by atoms with E-state index in [1.807, 2.05) is 49.4 Å². The summed E-state index contributed by atoms with van der Waals surface area (Å²) in [5.74, 6) is 0. The molecule has 0 saturated heterocycles. The number of para-hydroxylation sites is 1. The molecule has 3 heteroatoms. The van der Waals surface area contributed by atoms with Gasteiger partial charge >= 0.3 is 0 Å². The van der Waals surface area contributed by atoms with Crippen LogP contribution in [0.5, 0.6) is 0 Å². The number of hydrogen-bond acceptors (Lipinski definition) is 2. The lowest BCUT2D eigenvalue weighted by molar-refractivity contribution is 0.620. The Morgan fingerprint density at radius 2 is 2.05 bits per heavy atom. The van der Waals surface area contributed by atoms with Gasteiger partial charge in [-0.05, 0) is 54.7 Å². The summed E-state index contributed by atoms with van der Waals surface area (Å²) in [6.45, 7) is 2.05. The van der Waals surface area contributed by atoms with Crippen molar-refractivity contribution in [2.45, 2.75) is 25.3 Å². The van der Waals surface area contributed by atoms with Crippen LogP contribution in [0.3, 0.4) is 0 Å². The van der Waals surface area contributed by atoms with E-state index in [-0.39, 0.29) is 0 Å². The largest absolute Gasteiger partial charge is 0.363 e. The number of nitrogens with zero attached hydrogens (tertiary/aromatic N) is 1. The third kappa shape index (κ3) is 2.05. The number of nitriles is 1. The van der Waals surface area contributed by atoms with Crippen molar-refractivity contribution < 1.29 is 0 Å². The average molecular weight is 283 g/mol. The maximum atomic E-state index is 9.74. The molecule has 1 unspecified atom stereocenters. The molecular formula is C17H15ClN2. The SMILES string of the molecule is Cc1ccccc1NC1(C#N)CCc2cc(Cl)ccc21. The maximum Gasteiger partial charge on any atom is 0.151 e. The Balaban J connectivity index is 2.04. The molecule has 0 aromatic heterocycles. The molecule has 0 spiro atoms. The maximum absolute atomic E-state index is 9.74. The predicted octanol–water partition coefficient (Wildman–Crippen LogP) is 4.43. The first kappa shape index (κ1) is 13.0. The Bertz CT molecular complexity index is 702. The summed E-state index contributed by atoms with van der Waals surface area (Å²) in [5.41, 5.74) is 3.72.